The van der Waals surface area contributed by atoms with Crippen LogP contribution in [0.3, 0.4) is 0 Å². The molecule has 0 aliphatic rings. The van der Waals surface area contributed by atoms with Crippen LogP contribution in [0.5, 0.6) is 0 Å². The molecule has 0 bridgehead atoms. The Bertz CT molecular complexity index is 268. The molecular weight excluding hydrogens is 138 g/mol. The third kappa shape index (κ3) is 2.15. The highest BCUT2D eigenvalue weighted by atomic mass is 16.1. The second kappa shape index (κ2) is 3.28. The van der Waals surface area contributed by atoms with Gasteiger partial charge in [0.2, 0.25) is 0 Å². The molecule has 1 aromatic rings. The van der Waals surface area contributed by atoms with Gasteiger partial charge in [-0.1, -0.05) is 6.07 Å². The number of ketones is 1. The van der Waals surface area contributed by atoms with Gasteiger partial charge >= 0.3 is 0 Å². The lowest BCUT2D eigenvalue weighted by Crippen LogP contribution is -1.99. The van der Waals surface area contributed by atoms with E-state index in [2.05, 4.69) is 4.98 Å². The van der Waals surface area contributed by atoms with Crippen molar-refractivity contribution < 1.29 is 4.79 Å². The molecule has 11 heavy (non-hydrogen) atoms. The monoisotopic (exact) mass is 149 g/mol. The first-order valence-corrected chi connectivity index (χ1v) is 3.60. The largest absolute Gasteiger partial charge is 0.300 e. The van der Waals surface area contributed by atoms with E-state index in [1.807, 2.05) is 19.1 Å². The molecule has 0 fully saturated rings. The Morgan fingerprint density at radius 1 is 1.64 bits per heavy atom. The van der Waals surface area contributed by atoms with Crippen molar-refractivity contribution in [3.8, 4) is 0 Å². The molecule has 2 heteroatoms. The second-order valence-corrected chi connectivity index (χ2v) is 2.63. The van der Waals surface area contributed by atoms with Gasteiger partial charge in [0.25, 0.3) is 0 Å². The maximum absolute atomic E-state index is 10.7. The van der Waals surface area contributed by atoms with Crippen LogP contribution in [0.25, 0.3) is 0 Å². The van der Waals surface area contributed by atoms with E-state index in [1.54, 1.807) is 13.1 Å². The average Bonchev–Trinajstić information content (AvgIpc) is 1.93. The maximum atomic E-state index is 10.7. The molecule has 1 heterocycles. The van der Waals surface area contributed by atoms with E-state index < -0.39 is 0 Å². The number of hydrogen-bond donors (Lipinski definition) is 0. The van der Waals surface area contributed by atoms with Gasteiger partial charge < -0.3 is 0 Å². The predicted molar refractivity (Wildman–Crippen MR) is 43.4 cm³/mol. The summed E-state index contributed by atoms with van der Waals surface area (Å²) in [6.45, 7) is 3.50. The molecule has 0 atom stereocenters. The van der Waals surface area contributed by atoms with E-state index in [-0.39, 0.29) is 5.78 Å². The molecule has 0 N–H and O–H groups in total. The smallest absolute Gasteiger partial charge is 0.134 e. The fraction of sp³-hybridized carbons (Fsp3) is 0.333. The highest BCUT2D eigenvalue weighted by molar-refractivity contribution is 5.78. The Labute approximate surface area is 66.3 Å². The first kappa shape index (κ1) is 7.92. The molecule has 0 aromatic carbocycles. The van der Waals surface area contributed by atoms with Crippen molar-refractivity contribution in [2.24, 2.45) is 0 Å². The van der Waals surface area contributed by atoms with E-state index >= 15 is 0 Å². The van der Waals surface area contributed by atoms with Crippen molar-refractivity contribution in [2.75, 3.05) is 0 Å². The van der Waals surface area contributed by atoms with Crippen LogP contribution in [0.2, 0.25) is 0 Å². The van der Waals surface area contributed by atoms with E-state index in [0.29, 0.717) is 6.42 Å². The maximum Gasteiger partial charge on any atom is 0.134 e. The molecule has 58 valence electrons. The number of carbonyl (C=O) groups excluding carboxylic acids is 1. The van der Waals surface area contributed by atoms with E-state index in [9.17, 15) is 4.79 Å². The fourth-order valence-electron chi connectivity index (χ4n) is 0.973. The van der Waals surface area contributed by atoms with Gasteiger partial charge in [-0.3, -0.25) is 9.78 Å². The molecule has 0 unspecified atom stereocenters. The zero-order valence-electron chi connectivity index (χ0n) is 6.79. The first-order valence-electron chi connectivity index (χ1n) is 3.60. The Morgan fingerprint density at radius 3 is 2.91 bits per heavy atom. The topological polar surface area (TPSA) is 30.0 Å². The summed E-state index contributed by atoms with van der Waals surface area (Å²) in [6, 6.07) is 3.79. The van der Waals surface area contributed by atoms with Gasteiger partial charge in [-0.15, -0.1) is 0 Å². The quantitative estimate of drug-likeness (QED) is 0.638. The average molecular weight is 149 g/mol. The van der Waals surface area contributed by atoms with Gasteiger partial charge in [-0.25, -0.2) is 0 Å². The molecule has 2 nitrogen and oxygen atoms in total. The summed E-state index contributed by atoms with van der Waals surface area (Å²) in [7, 11) is 0. The number of aromatic nitrogens is 1. The summed E-state index contributed by atoms with van der Waals surface area (Å²) in [5.41, 5.74) is 1.97. The molecule has 1 rings (SSSR count). The number of aryl methyl sites for hydroxylation is 1. The molecule has 0 spiro atoms. The number of nitrogens with zero attached hydrogens (tertiary/aromatic N) is 1. The van der Waals surface area contributed by atoms with Crippen LogP contribution in [-0.2, 0) is 11.2 Å². The van der Waals surface area contributed by atoms with Gasteiger partial charge in [0.15, 0.2) is 0 Å². The predicted octanol–water partition coefficient (Wildman–Crippen LogP) is 1.52. The summed E-state index contributed by atoms with van der Waals surface area (Å²) in [5.74, 6) is 0.182. The SMILES string of the molecule is CC(=O)Cc1cccnc1C. The molecule has 0 saturated carbocycles. The van der Waals surface area contributed by atoms with Crippen molar-refractivity contribution in [3.05, 3.63) is 29.6 Å². The number of pyridine rings is 1. The number of rotatable bonds is 2. The molecule has 0 amide bonds. The lowest BCUT2D eigenvalue weighted by Gasteiger charge is -1.99. The summed E-state index contributed by atoms with van der Waals surface area (Å²) in [6.07, 6.45) is 2.23. The van der Waals surface area contributed by atoms with E-state index in [4.69, 9.17) is 0 Å². The Kier molecular flexibility index (Phi) is 2.36. The molecule has 0 saturated heterocycles. The minimum atomic E-state index is 0.182. The molecule has 0 radical (unpaired) electrons. The lowest BCUT2D eigenvalue weighted by atomic mass is 10.1. The fourth-order valence-corrected chi connectivity index (χ4v) is 0.973. The highest BCUT2D eigenvalue weighted by Crippen LogP contribution is 2.04. The molecule has 0 aliphatic heterocycles. The summed E-state index contributed by atoms with van der Waals surface area (Å²) in [4.78, 5) is 14.8. The minimum absolute atomic E-state index is 0.182. The third-order valence-electron chi connectivity index (χ3n) is 1.56. The summed E-state index contributed by atoms with van der Waals surface area (Å²) in [5, 5.41) is 0. The highest BCUT2D eigenvalue weighted by Gasteiger charge is 1.99. The lowest BCUT2D eigenvalue weighted by molar-refractivity contribution is -0.116. The van der Waals surface area contributed by atoms with Crippen LogP contribution < -0.4 is 0 Å². The standard InChI is InChI=1S/C9H11NO/c1-7(11)6-9-4-3-5-10-8(9)2/h3-5H,6H2,1-2H3. The van der Waals surface area contributed by atoms with Gasteiger partial charge in [-0.05, 0) is 25.5 Å². The van der Waals surface area contributed by atoms with Gasteiger partial charge in [-0.2, -0.15) is 0 Å². The van der Waals surface area contributed by atoms with Crippen molar-refractivity contribution in [3.63, 3.8) is 0 Å². The molecule has 1 aromatic heterocycles. The van der Waals surface area contributed by atoms with Crippen LogP contribution in [0.1, 0.15) is 18.2 Å². The van der Waals surface area contributed by atoms with Crippen molar-refractivity contribution in [1.82, 2.24) is 4.98 Å². The number of Topliss-reactive ketones (excluding diaryl/α,β-unsaturated/α-hetero) is 1. The van der Waals surface area contributed by atoms with Crippen molar-refractivity contribution in [1.29, 1.82) is 0 Å². The van der Waals surface area contributed by atoms with Crippen LogP contribution >= 0.6 is 0 Å². The molecular formula is C9H11NO. The minimum Gasteiger partial charge on any atom is -0.300 e. The van der Waals surface area contributed by atoms with Gasteiger partial charge in [0.05, 0.1) is 0 Å². The molecule has 0 aliphatic carbocycles. The van der Waals surface area contributed by atoms with Crippen LogP contribution in [0, 0.1) is 6.92 Å². The summed E-state index contributed by atoms with van der Waals surface area (Å²) >= 11 is 0. The Balaban J connectivity index is 2.86. The van der Waals surface area contributed by atoms with Gasteiger partial charge in [0.1, 0.15) is 5.78 Å². The summed E-state index contributed by atoms with van der Waals surface area (Å²) < 4.78 is 0. The number of hydrogen-bond acceptors (Lipinski definition) is 2. The van der Waals surface area contributed by atoms with Crippen molar-refractivity contribution >= 4 is 5.78 Å². The zero-order chi connectivity index (χ0) is 8.27. The zero-order valence-corrected chi connectivity index (χ0v) is 6.79. The first-order chi connectivity index (χ1) is 5.20. The van der Waals surface area contributed by atoms with E-state index in [0.717, 1.165) is 11.3 Å². The number of carbonyl (C=O) groups is 1. The van der Waals surface area contributed by atoms with Crippen molar-refractivity contribution in [2.45, 2.75) is 20.3 Å². The Hall–Kier alpha value is -1.18. The van der Waals surface area contributed by atoms with Crippen LogP contribution in [0.15, 0.2) is 18.3 Å². The Morgan fingerprint density at radius 2 is 2.36 bits per heavy atom. The third-order valence-corrected chi connectivity index (χ3v) is 1.56. The van der Waals surface area contributed by atoms with E-state index in [1.165, 1.54) is 0 Å². The second-order valence-electron chi connectivity index (χ2n) is 2.63. The van der Waals surface area contributed by atoms with Crippen LogP contribution in [-0.4, -0.2) is 10.8 Å². The van der Waals surface area contributed by atoms with Gasteiger partial charge in [0, 0.05) is 18.3 Å². The normalized spacial score (nSPS) is 9.64. The van der Waals surface area contributed by atoms with Crippen LogP contribution in [0.4, 0.5) is 0 Å².